The molecule has 1 atom stereocenters. The normalized spacial score (nSPS) is 13.7. The molecule has 1 aromatic heterocycles. The number of nitrogens with one attached hydrogen (secondary N) is 1. The zero-order valence-corrected chi connectivity index (χ0v) is 11.9. The van der Waals surface area contributed by atoms with Gasteiger partial charge in [0.05, 0.1) is 0 Å². The van der Waals surface area contributed by atoms with Crippen molar-refractivity contribution in [3.05, 3.63) is 28.5 Å². The van der Waals surface area contributed by atoms with Crippen LogP contribution in [0.25, 0.3) is 0 Å². The molecule has 0 radical (unpaired) electrons. The van der Waals surface area contributed by atoms with E-state index in [9.17, 15) is 9.59 Å². The molecule has 1 heterocycles. The molecule has 5 nitrogen and oxygen atoms in total. The van der Waals surface area contributed by atoms with Gasteiger partial charge in [0, 0.05) is 11.3 Å². The molecule has 2 N–H and O–H groups in total. The number of amides is 1. The molecule has 0 aliphatic heterocycles. The maximum Gasteiger partial charge on any atom is 0.329 e. The van der Waals surface area contributed by atoms with Crippen LogP contribution in [0.2, 0.25) is 5.15 Å². The number of aliphatic carboxylic acids is 1. The Balaban J connectivity index is 3.01. The highest BCUT2D eigenvalue weighted by atomic mass is 35.5. The number of hydrogen-bond acceptors (Lipinski definition) is 3. The lowest BCUT2D eigenvalue weighted by molar-refractivity contribution is -0.143. The highest BCUT2D eigenvalue weighted by Crippen LogP contribution is 2.15. The second-order valence-corrected chi connectivity index (χ2v) is 4.86. The maximum absolute atomic E-state index is 12.1. The van der Waals surface area contributed by atoms with Crippen molar-refractivity contribution in [2.24, 2.45) is 0 Å². The van der Waals surface area contributed by atoms with E-state index in [2.05, 4.69) is 10.3 Å². The molecule has 0 saturated heterocycles. The van der Waals surface area contributed by atoms with Gasteiger partial charge in [-0.15, -0.1) is 0 Å². The number of hydrogen-bond donors (Lipinski definition) is 2. The Bertz CT molecular complexity index is 505. The highest BCUT2D eigenvalue weighted by Gasteiger charge is 2.33. The number of aryl methyl sites for hydroxylation is 1. The first kappa shape index (κ1) is 15.4. The lowest BCUT2D eigenvalue weighted by atomic mass is 9.98. The quantitative estimate of drug-likeness (QED) is 0.813. The zero-order valence-electron chi connectivity index (χ0n) is 11.2. The van der Waals surface area contributed by atoms with Gasteiger partial charge in [-0.2, -0.15) is 0 Å². The van der Waals surface area contributed by atoms with E-state index >= 15 is 0 Å². The van der Waals surface area contributed by atoms with Crippen molar-refractivity contribution < 1.29 is 14.7 Å². The minimum absolute atomic E-state index is 0.220. The summed E-state index contributed by atoms with van der Waals surface area (Å²) in [6.07, 6.45) is 0.929. The first-order valence-electron chi connectivity index (χ1n) is 6.04. The summed E-state index contributed by atoms with van der Waals surface area (Å²) < 4.78 is 0. The fourth-order valence-corrected chi connectivity index (χ4v) is 1.71. The molecule has 6 heteroatoms. The SMILES string of the molecule is CCc1cc(C(=O)NC(C)(CC)C(=O)O)cc(Cl)n1. The number of carboxylic acid groups (broad SMARTS) is 1. The van der Waals surface area contributed by atoms with Crippen LogP contribution < -0.4 is 5.32 Å². The number of pyridine rings is 1. The Morgan fingerprint density at radius 1 is 1.42 bits per heavy atom. The first-order chi connectivity index (χ1) is 8.82. The summed E-state index contributed by atoms with van der Waals surface area (Å²) in [5.41, 5.74) is -0.289. The topological polar surface area (TPSA) is 79.3 Å². The number of carbonyl (C=O) groups excluding carboxylic acids is 1. The lowest BCUT2D eigenvalue weighted by Crippen LogP contribution is -2.51. The molecular weight excluding hydrogens is 268 g/mol. The average Bonchev–Trinajstić information content (AvgIpc) is 2.37. The van der Waals surface area contributed by atoms with Crippen LogP contribution in [0.1, 0.15) is 43.2 Å². The monoisotopic (exact) mass is 284 g/mol. The molecule has 0 saturated carbocycles. The van der Waals surface area contributed by atoms with Gasteiger partial charge in [-0.1, -0.05) is 25.4 Å². The fourth-order valence-electron chi connectivity index (χ4n) is 1.48. The Labute approximate surface area is 117 Å². The number of rotatable bonds is 5. The van der Waals surface area contributed by atoms with E-state index in [-0.39, 0.29) is 11.6 Å². The lowest BCUT2D eigenvalue weighted by Gasteiger charge is -2.24. The van der Waals surface area contributed by atoms with Gasteiger partial charge in [0.25, 0.3) is 5.91 Å². The third kappa shape index (κ3) is 3.67. The standard InChI is InChI=1S/C13H17ClN2O3/c1-4-9-6-8(7-10(14)15-9)11(17)16-13(3,5-2)12(18)19/h6-7H,4-5H2,1-3H3,(H,16,17)(H,18,19). The van der Waals surface area contributed by atoms with Crippen molar-refractivity contribution in [3.63, 3.8) is 0 Å². The second kappa shape index (κ2) is 6.02. The van der Waals surface area contributed by atoms with Gasteiger partial charge >= 0.3 is 5.97 Å². The fraction of sp³-hybridized carbons (Fsp3) is 0.462. The summed E-state index contributed by atoms with van der Waals surface area (Å²) in [6, 6.07) is 3.03. The molecule has 1 unspecified atom stereocenters. The van der Waals surface area contributed by atoms with E-state index in [4.69, 9.17) is 16.7 Å². The Morgan fingerprint density at radius 3 is 2.53 bits per heavy atom. The molecule has 104 valence electrons. The van der Waals surface area contributed by atoms with E-state index < -0.39 is 17.4 Å². The van der Waals surface area contributed by atoms with E-state index in [1.807, 2.05) is 6.92 Å². The number of nitrogens with zero attached hydrogens (tertiary/aromatic N) is 1. The Kier molecular flexibility index (Phi) is 4.89. The summed E-state index contributed by atoms with van der Waals surface area (Å²) in [6.45, 7) is 5.07. The molecule has 1 amide bonds. The molecule has 0 spiro atoms. The van der Waals surface area contributed by atoms with Crippen LogP contribution in [-0.2, 0) is 11.2 Å². The summed E-state index contributed by atoms with van der Waals surface area (Å²) in [5, 5.41) is 11.9. The zero-order chi connectivity index (χ0) is 14.6. The second-order valence-electron chi connectivity index (χ2n) is 4.47. The molecule has 1 aromatic rings. The van der Waals surface area contributed by atoms with Crippen LogP contribution in [0, 0.1) is 0 Å². The predicted octanol–water partition coefficient (Wildman–Crippen LogP) is 2.28. The van der Waals surface area contributed by atoms with Crippen molar-refractivity contribution in [1.29, 1.82) is 0 Å². The first-order valence-corrected chi connectivity index (χ1v) is 6.42. The molecule has 19 heavy (non-hydrogen) atoms. The van der Waals surface area contributed by atoms with Gasteiger partial charge in [-0.25, -0.2) is 9.78 Å². The van der Waals surface area contributed by atoms with E-state index in [1.165, 1.54) is 13.0 Å². The number of aromatic nitrogens is 1. The van der Waals surface area contributed by atoms with Crippen LogP contribution in [0.15, 0.2) is 12.1 Å². The van der Waals surface area contributed by atoms with Gasteiger partial charge in [0.2, 0.25) is 0 Å². The van der Waals surface area contributed by atoms with Gasteiger partial charge in [-0.3, -0.25) is 4.79 Å². The third-order valence-corrected chi connectivity index (χ3v) is 3.23. The van der Waals surface area contributed by atoms with Gasteiger partial charge in [0.1, 0.15) is 10.7 Å². The van der Waals surface area contributed by atoms with E-state index in [0.29, 0.717) is 17.7 Å². The van der Waals surface area contributed by atoms with Crippen LogP contribution >= 0.6 is 11.6 Å². The molecule has 0 aliphatic rings. The van der Waals surface area contributed by atoms with E-state index in [0.717, 1.165) is 0 Å². The smallest absolute Gasteiger partial charge is 0.329 e. The summed E-state index contributed by atoms with van der Waals surface area (Å²) in [5.74, 6) is -1.54. The van der Waals surface area contributed by atoms with Crippen molar-refractivity contribution in [2.75, 3.05) is 0 Å². The number of carbonyl (C=O) groups is 2. The molecular formula is C13H17ClN2O3. The minimum Gasteiger partial charge on any atom is -0.480 e. The highest BCUT2D eigenvalue weighted by molar-refractivity contribution is 6.29. The van der Waals surface area contributed by atoms with Crippen molar-refractivity contribution >= 4 is 23.5 Å². The summed E-state index contributed by atoms with van der Waals surface area (Å²) in [4.78, 5) is 27.3. The van der Waals surface area contributed by atoms with Gasteiger partial charge in [-0.05, 0) is 31.9 Å². The van der Waals surface area contributed by atoms with Crippen molar-refractivity contribution in [3.8, 4) is 0 Å². The van der Waals surface area contributed by atoms with Crippen LogP contribution in [0.4, 0.5) is 0 Å². The summed E-state index contributed by atoms with van der Waals surface area (Å²) >= 11 is 5.83. The molecule has 0 fully saturated rings. The van der Waals surface area contributed by atoms with Crippen LogP contribution in [0.3, 0.4) is 0 Å². The molecule has 0 bridgehead atoms. The average molecular weight is 285 g/mol. The Hall–Kier alpha value is -1.62. The van der Waals surface area contributed by atoms with Crippen molar-refractivity contribution in [1.82, 2.24) is 10.3 Å². The largest absolute Gasteiger partial charge is 0.480 e. The van der Waals surface area contributed by atoms with Crippen molar-refractivity contribution in [2.45, 2.75) is 39.2 Å². The van der Waals surface area contributed by atoms with Crippen LogP contribution in [0.5, 0.6) is 0 Å². The van der Waals surface area contributed by atoms with Crippen LogP contribution in [-0.4, -0.2) is 27.5 Å². The van der Waals surface area contributed by atoms with E-state index in [1.54, 1.807) is 13.0 Å². The Morgan fingerprint density at radius 2 is 2.05 bits per heavy atom. The minimum atomic E-state index is -1.29. The number of carboxylic acids is 1. The molecule has 0 aliphatic carbocycles. The molecule has 0 aromatic carbocycles. The van der Waals surface area contributed by atoms with Gasteiger partial charge in [0.15, 0.2) is 0 Å². The number of halogens is 1. The summed E-state index contributed by atoms with van der Waals surface area (Å²) in [7, 11) is 0. The maximum atomic E-state index is 12.1. The predicted molar refractivity (Wildman–Crippen MR) is 72.4 cm³/mol. The molecule has 1 rings (SSSR count). The third-order valence-electron chi connectivity index (χ3n) is 3.04. The van der Waals surface area contributed by atoms with Gasteiger partial charge < -0.3 is 10.4 Å².